The van der Waals surface area contributed by atoms with Gasteiger partial charge in [-0.2, -0.15) is 5.10 Å². The quantitative estimate of drug-likeness (QED) is 0.780. The zero-order chi connectivity index (χ0) is 14.8. The van der Waals surface area contributed by atoms with Gasteiger partial charge in [-0.1, -0.05) is 25.1 Å². The average molecular weight is 283 g/mol. The summed E-state index contributed by atoms with van der Waals surface area (Å²) in [6.07, 6.45) is 1.68. The Morgan fingerprint density at radius 1 is 1.24 bits per heavy atom. The minimum Gasteiger partial charge on any atom is -0.459 e. The van der Waals surface area contributed by atoms with Crippen molar-refractivity contribution in [3.05, 3.63) is 53.5 Å². The van der Waals surface area contributed by atoms with Crippen molar-refractivity contribution in [1.82, 2.24) is 9.78 Å². The van der Waals surface area contributed by atoms with Crippen LogP contribution in [0.5, 0.6) is 0 Å². The van der Waals surface area contributed by atoms with Crippen molar-refractivity contribution in [3.63, 3.8) is 0 Å². The highest BCUT2D eigenvalue weighted by molar-refractivity contribution is 5.77. The zero-order valence-corrected chi connectivity index (χ0v) is 12.5. The van der Waals surface area contributed by atoms with E-state index >= 15 is 0 Å². The number of rotatable bonds is 5. The summed E-state index contributed by atoms with van der Waals surface area (Å²) in [6, 6.07) is 12.0. The second-order valence-electron chi connectivity index (χ2n) is 5.29. The van der Waals surface area contributed by atoms with Crippen molar-refractivity contribution in [3.8, 4) is 0 Å². The van der Waals surface area contributed by atoms with Gasteiger partial charge < -0.3 is 10.2 Å². The maximum absolute atomic E-state index is 6.33. The molecule has 2 heterocycles. The van der Waals surface area contributed by atoms with E-state index < -0.39 is 0 Å². The molecule has 1 atom stereocenters. The lowest BCUT2D eigenvalue weighted by Crippen LogP contribution is -2.15. The summed E-state index contributed by atoms with van der Waals surface area (Å²) in [4.78, 5) is 0. The summed E-state index contributed by atoms with van der Waals surface area (Å²) >= 11 is 0. The fourth-order valence-corrected chi connectivity index (χ4v) is 2.64. The second-order valence-corrected chi connectivity index (χ2v) is 5.29. The first-order chi connectivity index (χ1) is 10.2. The summed E-state index contributed by atoms with van der Waals surface area (Å²) in [6.45, 7) is 5.08. The van der Waals surface area contributed by atoms with E-state index in [1.54, 1.807) is 0 Å². The zero-order valence-electron chi connectivity index (χ0n) is 12.5. The summed E-state index contributed by atoms with van der Waals surface area (Å²) in [5.41, 5.74) is 9.50. The molecule has 0 bridgehead atoms. The van der Waals surface area contributed by atoms with Crippen molar-refractivity contribution in [1.29, 1.82) is 0 Å². The summed E-state index contributed by atoms with van der Waals surface area (Å²) in [7, 11) is 0. The fraction of sp³-hybridized carbons (Fsp3) is 0.353. The van der Waals surface area contributed by atoms with Crippen LogP contribution in [0.25, 0.3) is 11.0 Å². The van der Waals surface area contributed by atoms with E-state index in [0.717, 1.165) is 41.8 Å². The molecule has 0 saturated heterocycles. The monoisotopic (exact) mass is 283 g/mol. The topological polar surface area (TPSA) is 57.0 Å². The smallest absolute Gasteiger partial charge is 0.134 e. The van der Waals surface area contributed by atoms with Gasteiger partial charge in [0.2, 0.25) is 0 Å². The van der Waals surface area contributed by atoms with Crippen LogP contribution in [0.4, 0.5) is 0 Å². The summed E-state index contributed by atoms with van der Waals surface area (Å²) in [5, 5.41) is 5.67. The van der Waals surface area contributed by atoms with Gasteiger partial charge in [0.05, 0.1) is 11.7 Å². The molecule has 21 heavy (non-hydrogen) atoms. The number of fused-ring (bicyclic) bond motifs is 1. The molecule has 2 aromatic heterocycles. The molecule has 0 radical (unpaired) electrons. The van der Waals surface area contributed by atoms with Crippen LogP contribution in [-0.2, 0) is 19.4 Å². The molecule has 2 N–H and O–H groups in total. The maximum Gasteiger partial charge on any atom is 0.134 e. The molecular weight excluding hydrogens is 262 g/mol. The Labute approximate surface area is 124 Å². The summed E-state index contributed by atoms with van der Waals surface area (Å²) < 4.78 is 7.88. The number of hydrogen-bond donors (Lipinski definition) is 1. The lowest BCUT2D eigenvalue weighted by Gasteiger charge is -2.09. The largest absolute Gasteiger partial charge is 0.459 e. The average Bonchev–Trinajstić information content (AvgIpc) is 3.10. The fourth-order valence-electron chi connectivity index (χ4n) is 2.64. The lowest BCUT2D eigenvalue weighted by molar-refractivity contribution is 0.482. The highest BCUT2D eigenvalue weighted by atomic mass is 16.3. The van der Waals surface area contributed by atoms with Gasteiger partial charge in [0, 0.05) is 24.0 Å². The Morgan fingerprint density at radius 3 is 2.76 bits per heavy atom. The van der Waals surface area contributed by atoms with E-state index in [0.29, 0.717) is 0 Å². The van der Waals surface area contributed by atoms with Crippen LogP contribution >= 0.6 is 0 Å². The third kappa shape index (κ3) is 2.72. The van der Waals surface area contributed by atoms with Gasteiger partial charge in [0.1, 0.15) is 11.3 Å². The Morgan fingerprint density at radius 2 is 2.05 bits per heavy atom. The highest BCUT2D eigenvalue weighted by Gasteiger charge is 2.16. The molecule has 0 aliphatic heterocycles. The van der Waals surface area contributed by atoms with E-state index in [9.17, 15) is 0 Å². The number of aromatic nitrogens is 2. The molecule has 110 valence electrons. The molecule has 1 aromatic carbocycles. The van der Waals surface area contributed by atoms with Crippen LogP contribution in [-0.4, -0.2) is 9.78 Å². The van der Waals surface area contributed by atoms with Crippen LogP contribution in [0.2, 0.25) is 0 Å². The van der Waals surface area contributed by atoms with Crippen molar-refractivity contribution < 1.29 is 4.42 Å². The lowest BCUT2D eigenvalue weighted by atomic mass is 10.1. The standard InChI is InChI=1S/C17H21N3O/c1-3-13-10-14(20(4-2)19-13)11-15(18)17-9-12-7-5-6-8-16(12)21-17/h5-10,15H,3-4,11,18H2,1-2H3. The summed E-state index contributed by atoms with van der Waals surface area (Å²) in [5.74, 6) is 0.832. The van der Waals surface area contributed by atoms with Crippen LogP contribution < -0.4 is 5.73 Å². The molecule has 3 rings (SSSR count). The molecular formula is C17H21N3O. The molecule has 3 aromatic rings. The van der Waals surface area contributed by atoms with E-state index in [-0.39, 0.29) is 6.04 Å². The first kappa shape index (κ1) is 13.9. The van der Waals surface area contributed by atoms with E-state index in [1.807, 2.05) is 35.0 Å². The predicted molar refractivity (Wildman–Crippen MR) is 84.1 cm³/mol. The SMILES string of the molecule is CCc1cc(CC(N)c2cc3ccccc3o2)n(CC)n1. The molecule has 0 aliphatic carbocycles. The third-order valence-electron chi connectivity index (χ3n) is 3.81. The van der Waals surface area contributed by atoms with Crippen molar-refractivity contribution in [2.45, 2.75) is 39.3 Å². The number of benzene rings is 1. The van der Waals surface area contributed by atoms with E-state index in [2.05, 4.69) is 25.0 Å². The van der Waals surface area contributed by atoms with Gasteiger partial charge in [-0.25, -0.2) is 0 Å². The predicted octanol–water partition coefficient (Wildman–Crippen LogP) is 3.45. The maximum atomic E-state index is 6.33. The van der Waals surface area contributed by atoms with Gasteiger partial charge in [-0.3, -0.25) is 4.68 Å². The van der Waals surface area contributed by atoms with Crippen molar-refractivity contribution >= 4 is 11.0 Å². The van der Waals surface area contributed by atoms with E-state index in [1.165, 1.54) is 5.69 Å². The number of hydrogen-bond acceptors (Lipinski definition) is 3. The molecule has 4 heteroatoms. The Kier molecular flexibility index (Phi) is 3.80. The van der Waals surface area contributed by atoms with Crippen molar-refractivity contribution in [2.24, 2.45) is 5.73 Å². The second kappa shape index (κ2) is 5.74. The van der Waals surface area contributed by atoms with Crippen LogP contribution in [0.1, 0.15) is 37.0 Å². The van der Waals surface area contributed by atoms with Crippen LogP contribution in [0, 0.1) is 0 Å². The minimum atomic E-state index is -0.149. The Hall–Kier alpha value is -2.07. The van der Waals surface area contributed by atoms with Gasteiger partial charge in [-0.05, 0) is 31.5 Å². The van der Waals surface area contributed by atoms with E-state index in [4.69, 9.17) is 10.2 Å². The molecule has 1 unspecified atom stereocenters. The third-order valence-corrected chi connectivity index (χ3v) is 3.81. The first-order valence-corrected chi connectivity index (χ1v) is 7.51. The molecule has 0 amide bonds. The molecule has 0 saturated carbocycles. The molecule has 4 nitrogen and oxygen atoms in total. The molecule has 0 spiro atoms. The normalized spacial score (nSPS) is 12.9. The Balaban J connectivity index is 1.85. The van der Waals surface area contributed by atoms with Gasteiger partial charge in [0.25, 0.3) is 0 Å². The highest BCUT2D eigenvalue weighted by Crippen LogP contribution is 2.25. The van der Waals surface area contributed by atoms with Gasteiger partial charge >= 0.3 is 0 Å². The van der Waals surface area contributed by atoms with Gasteiger partial charge in [-0.15, -0.1) is 0 Å². The molecule has 0 fully saturated rings. The number of aryl methyl sites for hydroxylation is 2. The number of nitrogens with zero attached hydrogens (tertiary/aromatic N) is 2. The van der Waals surface area contributed by atoms with Gasteiger partial charge in [0.15, 0.2) is 0 Å². The number of para-hydroxylation sites is 1. The minimum absolute atomic E-state index is 0.149. The Bertz CT molecular complexity index is 708. The van der Waals surface area contributed by atoms with Crippen LogP contribution in [0.3, 0.4) is 0 Å². The van der Waals surface area contributed by atoms with Crippen molar-refractivity contribution in [2.75, 3.05) is 0 Å². The first-order valence-electron chi connectivity index (χ1n) is 7.51. The van der Waals surface area contributed by atoms with Crippen LogP contribution in [0.15, 0.2) is 40.8 Å². The molecule has 0 aliphatic rings. The number of nitrogens with two attached hydrogens (primary N) is 1. The number of furan rings is 1.